The van der Waals surface area contributed by atoms with Crippen LogP contribution in [-0.2, 0) is 4.79 Å². The van der Waals surface area contributed by atoms with Crippen LogP contribution in [0.3, 0.4) is 0 Å². The highest BCUT2D eigenvalue weighted by atomic mass is 19.1. The summed E-state index contributed by atoms with van der Waals surface area (Å²) < 4.78 is 13.3. The van der Waals surface area contributed by atoms with Gasteiger partial charge < -0.3 is 10.4 Å². The minimum absolute atomic E-state index is 0.0226. The van der Waals surface area contributed by atoms with Crippen LogP contribution in [-0.4, -0.2) is 11.0 Å². The van der Waals surface area contributed by atoms with Crippen molar-refractivity contribution in [1.82, 2.24) is 0 Å². The van der Waals surface area contributed by atoms with Gasteiger partial charge in [0.25, 0.3) is 0 Å². The average Bonchev–Trinajstić information content (AvgIpc) is 2.91. The second kappa shape index (κ2) is 2.26. The van der Waals surface area contributed by atoms with E-state index in [9.17, 15) is 14.3 Å². The third-order valence-corrected chi connectivity index (χ3v) is 2.92. The van der Waals surface area contributed by atoms with E-state index in [0.29, 0.717) is 5.56 Å². The molecule has 0 aromatic heterocycles. The Bertz CT molecular complexity index is 444. The molecule has 0 saturated heterocycles. The second-order valence-corrected chi connectivity index (χ2v) is 3.79. The number of benzene rings is 1. The first-order valence-corrected chi connectivity index (χ1v) is 4.50. The quantitative estimate of drug-likeness (QED) is 0.657. The lowest BCUT2D eigenvalue weighted by atomic mass is 10.0. The Morgan fingerprint density at radius 3 is 3.00 bits per heavy atom. The molecule has 0 bridgehead atoms. The van der Waals surface area contributed by atoms with Crippen molar-refractivity contribution in [2.45, 2.75) is 12.3 Å². The zero-order chi connectivity index (χ0) is 9.87. The highest BCUT2D eigenvalue weighted by Gasteiger charge is 2.50. The Morgan fingerprint density at radius 2 is 2.21 bits per heavy atom. The Morgan fingerprint density at radius 1 is 1.43 bits per heavy atom. The first-order chi connectivity index (χ1) is 6.68. The number of phenols is 1. The van der Waals surface area contributed by atoms with E-state index in [-0.39, 0.29) is 29.2 Å². The van der Waals surface area contributed by atoms with Gasteiger partial charge in [-0.2, -0.15) is 0 Å². The Hall–Kier alpha value is -1.58. The van der Waals surface area contributed by atoms with Gasteiger partial charge in [0, 0.05) is 17.4 Å². The third kappa shape index (κ3) is 0.828. The molecular weight excluding hydrogens is 185 g/mol. The Labute approximate surface area is 79.6 Å². The molecule has 2 aliphatic rings. The van der Waals surface area contributed by atoms with Gasteiger partial charge in [0.1, 0.15) is 11.6 Å². The summed E-state index contributed by atoms with van der Waals surface area (Å²) in [4.78, 5) is 11.3. The molecule has 1 heterocycles. The second-order valence-electron chi connectivity index (χ2n) is 3.79. The van der Waals surface area contributed by atoms with Crippen LogP contribution in [0.15, 0.2) is 12.1 Å². The van der Waals surface area contributed by atoms with E-state index in [1.165, 1.54) is 6.07 Å². The topological polar surface area (TPSA) is 49.3 Å². The van der Waals surface area contributed by atoms with Gasteiger partial charge in [-0.1, -0.05) is 0 Å². The smallest absolute Gasteiger partial charge is 0.228 e. The number of anilines is 1. The van der Waals surface area contributed by atoms with E-state index in [4.69, 9.17) is 0 Å². The van der Waals surface area contributed by atoms with Crippen LogP contribution >= 0.6 is 0 Å². The number of halogens is 1. The monoisotopic (exact) mass is 193 g/mol. The van der Waals surface area contributed by atoms with Crippen LogP contribution in [0, 0.1) is 11.7 Å². The van der Waals surface area contributed by atoms with Crippen molar-refractivity contribution in [3.63, 3.8) is 0 Å². The minimum atomic E-state index is -0.475. The summed E-state index contributed by atoms with van der Waals surface area (Å²) in [7, 11) is 0. The lowest BCUT2D eigenvalue weighted by molar-refractivity contribution is -0.117. The average molecular weight is 193 g/mol. The summed E-state index contributed by atoms with van der Waals surface area (Å²) >= 11 is 0. The summed E-state index contributed by atoms with van der Waals surface area (Å²) in [6.07, 6.45) is 0.718. The molecule has 2 unspecified atom stereocenters. The number of hydrogen-bond donors (Lipinski definition) is 2. The van der Waals surface area contributed by atoms with E-state index in [0.717, 1.165) is 12.5 Å². The SMILES string of the molecule is O=C1Nc2c(F)ccc(O)c2C2CC12. The van der Waals surface area contributed by atoms with Crippen molar-refractivity contribution in [2.24, 2.45) is 5.92 Å². The third-order valence-electron chi connectivity index (χ3n) is 2.92. The Kier molecular flexibility index (Phi) is 1.26. The molecule has 1 aromatic carbocycles. The van der Waals surface area contributed by atoms with Crippen molar-refractivity contribution in [3.8, 4) is 5.75 Å². The van der Waals surface area contributed by atoms with E-state index < -0.39 is 5.82 Å². The van der Waals surface area contributed by atoms with Crippen LogP contribution in [0.25, 0.3) is 0 Å². The van der Waals surface area contributed by atoms with E-state index in [1.54, 1.807) is 0 Å². The standard InChI is InChI=1S/C10H8FNO2/c11-6-1-2-7(13)8-4-3-5(4)10(14)12-9(6)8/h1-2,4-5,13H,3H2,(H,12,14). The largest absolute Gasteiger partial charge is 0.508 e. The number of fused-ring (bicyclic) bond motifs is 3. The van der Waals surface area contributed by atoms with Crippen LogP contribution < -0.4 is 5.32 Å². The Balaban J connectivity index is 2.24. The molecule has 2 N–H and O–H groups in total. The maximum atomic E-state index is 13.3. The van der Waals surface area contributed by atoms with Gasteiger partial charge in [-0.05, 0) is 18.6 Å². The van der Waals surface area contributed by atoms with Crippen molar-refractivity contribution in [2.75, 3.05) is 5.32 Å². The highest BCUT2D eigenvalue weighted by Crippen LogP contribution is 2.56. The number of aromatic hydroxyl groups is 1. The fourth-order valence-electron chi connectivity index (χ4n) is 2.10. The zero-order valence-corrected chi connectivity index (χ0v) is 7.25. The van der Waals surface area contributed by atoms with E-state index in [1.807, 2.05) is 0 Å². The summed E-state index contributed by atoms with van der Waals surface area (Å²) in [5.74, 6) is -0.568. The van der Waals surface area contributed by atoms with Crippen molar-refractivity contribution in [1.29, 1.82) is 0 Å². The van der Waals surface area contributed by atoms with E-state index in [2.05, 4.69) is 5.32 Å². The molecule has 1 aromatic rings. The number of phenolic OH excluding ortho intramolecular Hbond substituents is 1. The van der Waals surface area contributed by atoms with Gasteiger partial charge in [0.05, 0.1) is 5.69 Å². The summed E-state index contributed by atoms with van der Waals surface area (Å²) in [5.41, 5.74) is 0.725. The molecule has 3 nitrogen and oxygen atoms in total. The number of nitrogens with one attached hydrogen (secondary N) is 1. The fourth-order valence-corrected chi connectivity index (χ4v) is 2.10. The molecule has 2 atom stereocenters. The summed E-state index contributed by atoms with van der Waals surface area (Å²) in [5, 5.41) is 12.0. The van der Waals surface area contributed by atoms with Crippen LogP contribution in [0.2, 0.25) is 0 Å². The van der Waals surface area contributed by atoms with E-state index >= 15 is 0 Å². The first-order valence-electron chi connectivity index (χ1n) is 4.50. The molecule has 72 valence electrons. The fraction of sp³-hybridized carbons (Fsp3) is 0.300. The number of hydrogen-bond acceptors (Lipinski definition) is 2. The lowest BCUT2D eigenvalue weighted by Gasteiger charge is -2.17. The molecular formula is C10H8FNO2. The van der Waals surface area contributed by atoms with Gasteiger partial charge in [0.2, 0.25) is 5.91 Å². The van der Waals surface area contributed by atoms with Crippen molar-refractivity contribution < 1.29 is 14.3 Å². The molecule has 1 aliphatic carbocycles. The molecule has 1 saturated carbocycles. The number of amides is 1. The number of rotatable bonds is 0. The van der Waals surface area contributed by atoms with Crippen LogP contribution in [0.5, 0.6) is 5.75 Å². The normalized spacial score (nSPS) is 27.6. The number of carbonyl (C=O) groups is 1. The summed E-state index contributed by atoms with van der Waals surface area (Å²) in [6, 6.07) is 2.50. The molecule has 1 fully saturated rings. The molecule has 1 amide bonds. The van der Waals surface area contributed by atoms with Crippen LogP contribution in [0.1, 0.15) is 17.9 Å². The first kappa shape index (κ1) is 7.79. The maximum absolute atomic E-state index is 13.3. The van der Waals surface area contributed by atoms with Gasteiger partial charge in [-0.15, -0.1) is 0 Å². The van der Waals surface area contributed by atoms with Crippen molar-refractivity contribution >= 4 is 11.6 Å². The predicted octanol–water partition coefficient (Wildman–Crippen LogP) is 1.59. The molecule has 3 rings (SSSR count). The molecule has 14 heavy (non-hydrogen) atoms. The van der Waals surface area contributed by atoms with Gasteiger partial charge in [-0.25, -0.2) is 4.39 Å². The molecule has 0 radical (unpaired) electrons. The minimum Gasteiger partial charge on any atom is -0.508 e. The van der Waals surface area contributed by atoms with Gasteiger partial charge >= 0.3 is 0 Å². The van der Waals surface area contributed by atoms with Crippen molar-refractivity contribution in [3.05, 3.63) is 23.5 Å². The maximum Gasteiger partial charge on any atom is 0.228 e. The molecule has 1 aliphatic heterocycles. The molecule has 0 spiro atoms. The van der Waals surface area contributed by atoms with Gasteiger partial charge in [0.15, 0.2) is 0 Å². The van der Waals surface area contributed by atoms with Crippen LogP contribution in [0.4, 0.5) is 10.1 Å². The number of carbonyl (C=O) groups excluding carboxylic acids is 1. The lowest BCUT2D eigenvalue weighted by Crippen LogP contribution is -2.20. The van der Waals surface area contributed by atoms with Gasteiger partial charge in [-0.3, -0.25) is 4.79 Å². The highest BCUT2D eigenvalue weighted by molar-refractivity contribution is 6.00. The zero-order valence-electron chi connectivity index (χ0n) is 7.25. The predicted molar refractivity (Wildman–Crippen MR) is 47.5 cm³/mol. The summed E-state index contributed by atoms with van der Waals surface area (Å²) in [6.45, 7) is 0. The molecule has 4 heteroatoms.